The number of thiol groups is 1. The molecule has 78 valence electrons. The summed E-state index contributed by atoms with van der Waals surface area (Å²) in [4.78, 5) is 0.526. The lowest BCUT2D eigenvalue weighted by Gasteiger charge is -2.16. The Morgan fingerprint density at radius 2 is 1.64 bits per heavy atom. The van der Waals surface area contributed by atoms with Crippen LogP contribution in [0.15, 0.2) is 29.2 Å². The standard InChI is InChI=1S/C8H6F4OS/c9-7(10)8(11,12)13-5-1-3-6(14)4-2-5/h1-4,7,14H. The molecule has 0 atom stereocenters. The molecule has 6 heteroatoms. The number of benzene rings is 1. The largest absolute Gasteiger partial charge is 0.461 e. The third-order valence-corrected chi connectivity index (χ3v) is 1.64. The number of hydrogen-bond acceptors (Lipinski definition) is 2. The maximum atomic E-state index is 12.3. The molecule has 0 aliphatic heterocycles. The van der Waals surface area contributed by atoms with E-state index in [9.17, 15) is 17.6 Å². The van der Waals surface area contributed by atoms with Gasteiger partial charge in [-0.05, 0) is 24.3 Å². The van der Waals surface area contributed by atoms with Crippen LogP contribution in [0.1, 0.15) is 0 Å². The van der Waals surface area contributed by atoms with E-state index in [1.54, 1.807) is 0 Å². The predicted octanol–water partition coefficient (Wildman–Crippen LogP) is 3.21. The van der Waals surface area contributed by atoms with Crippen molar-refractivity contribution in [2.24, 2.45) is 0 Å². The van der Waals surface area contributed by atoms with E-state index in [0.717, 1.165) is 12.1 Å². The highest BCUT2D eigenvalue weighted by atomic mass is 32.1. The van der Waals surface area contributed by atoms with Gasteiger partial charge in [0.05, 0.1) is 0 Å². The monoisotopic (exact) mass is 226 g/mol. The number of ether oxygens (including phenoxy) is 1. The van der Waals surface area contributed by atoms with E-state index in [1.807, 2.05) is 0 Å². The Kier molecular flexibility index (Phi) is 3.25. The highest BCUT2D eigenvalue weighted by molar-refractivity contribution is 7.80. The zero-order valence-electron chi connectivity index (χ0n) is 6.75. The fraction of sp³-hybridized carbons (Fsp3) is 0.250. The molecule has 0 spiro atoms. The van der Waals surface area contributed by atoms with Crippen LogP contribution in [0.25, 0.3) is 0 Å². The summed E-state index contributed by atoms with van der Waals surface area (Å²) in [5.74, 6) is -0.326. The second kappa shape index (κ2) is 4.08. The summed E-state index contributed by atoms with van der Waals surface area (Å²) in [7, 11) is 0. The predicted molar refractivity (Wildman–Crippen MR) is 45.3 cm³/mol. The minimum absolute atomic E-state index is 0.326. The molecule has 0 saturated carbocycles. The van der Waals surface area contributed by atoms with Crippen LogP contribution in [-0.2, 0) is 0 Å². The van der Waals surface area contributed by atoms with Crippen LogP contribution in [0.3, 0.4) is 0 Å². The fourth-order valence-corrected chi connectivity index (χ4v) is 0.865. The van der Waals surface area contributed by atoms with E-state index in [-0.39, 0.29) is 5.75 Å². The van der Waals surface area contributed by atoms with Crippen LogP contribution in [0.2, 0.25) is 0 Å². The van der Waals surface area contributed by atoms with Crippen LogP contribution in [0, 0.1) is 0 Å². The molecule has 0 bridgehead atoms. The van der Waals surface area contributed by atoms with E-state index in [2.05, 4.69) is 17.4 Å². The van der Waals surface area contributed by atoms with E-state index >= 15 is 0 Å². The Labute approximate surface area is 83.1 Å². The number of hydrogen-bond donors (Lipinski definition) is 1. The van der Waals surface area contributed by atoms with E-state index in [1.165, 1.54) is 12.1 Å². The first-order chi connectivity index (χ1) is 6.42. The Balaban J connectivity index is 2.74. The van der Waals surface area contributed by atoms with Crippen molar-refractivity contribution in [3.63, 3.8) is 0 Å². The zero-order chi connectivity index (χ0) is 10.8. The van der Waals surface area contributed by atoms with Gasteiger partial charge in [0.2, 0.25) is 0 Å². The second-order valence-electron chi connectivity index (χ2n) is 2.46. The van der Waals surface area contributed by atoms with Crippen LogP contribution < -0.4 is 4.74 Å². The molecule has 1 aromatic rings. The molecule has 14 heavy (non-hydrogen) atoms. The first-order valence-electron chi connectivity index (χ1n) is 3.56. The second-order valence-corrected chi connectivity index (χ2v) is 2.97. The Morgan fingerprint density at radius 3 is 2.07 bits per heavy atom. The van der Waals surface area contributed by atoms with Crippen LogP contribution >= 0.6 is 12.6 Å². The summed E-state index contributed by atoms with van der Waals surface area (Å²) in [6.45, 7) is 0. The minimum atomic E-state index is -4.46. The zero-order valence-corrected chi connectivity index (χ0v) is 7.65. The van der Waals surface area contributed by atoms with Crippen molar-refractivity contribution in [3.8, 4) is 5.75 Å². The van der Waals surface area contributed by atoms with Crippen molar-refractivity contribution >= 4 is 12.6 Å². The van der Waals surface area contributed by atoms with Gasteiger partial charge in [-0.1, -0.05) is 0 Å². The molecule has 0 aliphatic rings. The first-order valence-corrected chi connectivity index (χ1v) is 4.00. The summed E-state index contributed by atoms with van der Waals surface area (Å²) in [6.07, 6.45) is -8.31. The molecule has 1 aromatic carbocycles. The van der Waals surface area contributed by atoms with Gasteiger partial charge in [-0.3, -0.25) is 0 Å². The molecule has 1 nitrogen and oxygen atoms in total. The van der Waals surface area contributed by atoms with E-state index < -0.39 is 12.5 Å². The van der Waals surface area contributed by atoms with Crippen molar-refractivity contribution in [3.05, 3.63) is 24.3 Å². The van der Waals surface area contributed by atoms with Crippen LogP contribution in [0.5, 0.6) is 5.75 Å². The molecule has 0 amide bonds. The molecule has 1 rings (SSSR count). The average molecular weight is 226 g/mol. The molecule has 0 N–H and O–H groups in total. The number of rotatable bonds is 3. The van der Waals surface area contributed by atoms with Gasteiger partial charge in [0.1, 0.15) is 5.75 Å². The maximum Gasteiger partial charge on any atom is 0.461 e. The average Bonchev–Trinajstić information content (AvgIpc) is 2.08. The summed E-state index contributed by atoms with van der Waals surface area (Å²) in [6, 6.07) is 5.00. The molecule has 0 radical (unpaired) electrons. The lowest BCUT2D eigenvalue weighted by molar-refractivity contribution is -0.253. The molecule has 0 aliphatic carbocycles. The summed E-state index contributed by atoms with van der Waals surface area (Å²) < 4.78 is 51.9. The van der Waals surface area contributed by atoms with Gasteiger partial charge in [-0.25, -0.2) is 0 Å². The SMILES string of the molecule is FC(F)C(F)(F)Oc1ccc(S)cc1. The Hall–Kier alpha value is -0.910. The quantitative estimate of drug-likeness (QED) is 0.615. The summed E-state index contributed by atoms with van der Waals surface area (Å²) >= 11 is 3.89. The molecule has 0 saturated heterocycles. The van der Waals surface area contributed by atoms with Crippen molar-refractivity contribution in [1.29, 1.82) is 0 Å². The molecule has 0 fully saturated rings. The normalized spacial score (nSPS) is 11.9. The van der Waals surface area contributed by atoms with E-state index in [0.29, 0.717) is 4.90 Å². The molecular weight excluding hydrogens is 220 g/mol. The van der Waals surface area contributed by atoms with Gasteiger partial charge in [0.25, 0.3) is 0 Å². The van der Waals surface area contributed by atoms with Gasteiger partial charge in [0.15, 0.2) is 0 Å². The number of halogens is 4. The van der Waals surface area contributed by atoms with Crippen molar-refractivity contribution < 1.29 is 22.3 Å². The number of alkyl halides is 4. The molecule has 0 unspecified atom stereocenters. The van der Waals surface area contributed by atoms with Gasteiger partial charge in [-0.2, -0.15) is 17.6 Å². The van der Waals surface area contributed by atoms with E-state index in [4.69, 9.17) is 0 Å². The summed E-state index contributed by atoms with van der Waals surface area (Å²) in [5, 5.41) is 0. The topological polar surface area (TPSA) is 9.23 Å². The van der Waals surface area contributed by atoms with Crippen molar-refractivity contribution in [2.75, 3.05) is 0 Å². The first kappa shape index (κ1) is 11.2. The van der Waals surface area contributed by atoms with Crippen LogP contribution in [-0.4, -0.2) is 12.5 Å². The maximum absolute atomic E-state index is 12.3. The van der Waals surface area contributed by atoms with Crippen molar-refractivity contribution in [1.82, 2.24) is 0 Å². The minimum Gasteiger partial charge on any atom is -0.428 e. The molecule has 0 aromatic heterocycles. The Bertz CT molecular complexity index is 299. The van der Waals surface area contributed by atoms with Gasteiger partial charge < -0.3 is 4.74 Å². The molecular formula is C8H6F4OS. The van der Waals surface area contributed by atoms with Crippen LogP contribution in [0.4, 0.5) is 17.6 Å². The lowest BCUT2D eigenvalue weighted by Crippen LogP contribution is -2.33. The van der Waals surface area contributed by atoms with Crippen molar-refractivity contribution in [2.45, 2.75) is 17.4 Å². The lowest BCUT2D eigenvalue weighted by atomic mass is 10.3. The third-order valence-electron chi connectivity index (χ3n) is 1.34. The Morgan fingerprint density at radius 1 is 1.14 bits per heavy atom. The smallest absolute Gasteiger partial charge is 0.428 e. The van der Waals surface area contributed by atoms with Gasteiger partial charge in [0, 0.05) is 4.90 Å². The highest BCUT2D eigenvalue weighted by Gasteiger charge is 2.43. The third kappa shape index (κ3) is 2.80. The summed E-state index contributed by atoms with van der Waals surface area (Å²) in [5.41, 5.74) is 0. The van der Waals surface area contributed by atoms with Gasteiger partial charge >= 0.3 is 12.5 Å². The highest BCUT2D eigenvalue weighted by Crippen LogP contribution is 2.27. The molecule has 0 heterocycles. The van der Waals surface area contributed by atoms with Gasteiger partial charge in [-0.15, -0.1) is 12.6 Å². The fourth-order valence-electron chi connectivity index (χ4n) is 0.716.